The third kappa shape index (κ3) is 4.89. The number of benzene rings is 2. The summed E-state index contributed by atoms with van der Waals surface area (Å²) in [7, 11) is 0. The molecule has 2 heterocycles. The number of imide groups is 1. The number of aromatic nitrogens is 2. The van der Waals surface area contributed by atoms with E-state index in [9.17, 15) is 18.4 Å². The number of carbonyl (C=O) groups is 2. The number of hydrogen-bond acceptors (Lipinski definition) is 6. The zero-order valence-corrected chi connectivity index (χ0v) is 17.2. The van der Waals surface area contributed by atoms with Gasteiger partial charge in [0.2, 0.25) is 11.1 Å². The molecule has 0 unspecified atom stereocenters. The predicted octanol–water partition coefficient (Wildman–Crippen LogP) is 5.44. The second-order valence-corrected chi connectivity index (χ2v) is 7.69. The normalized spacial score (nSPS) is 15.1. The molecule has 31 heavy (non-hydrogen) atoms. The fraction of sp³-hybridized carbons (Fsp3) is 0.0476. The minimum absolute atomic E-state index is 0.0409. The summed E-state index contributed by atoms with van der Waals surface area (Å²) >= 11 is 6.46. The number of amides is 2. The zero-order chi connectivity index (χ0) is 22.0. The first-order valence-electron chi connectivity index (χ1n) is 8.85. The highest BCUT2D eigenvalue weighted by molar-refractivity contribution is 8.18. The van der Waals surface area contributed by atoms with Gasteiger partial charge in [-0.3, -0.25) is 14.5 Å². The summed E-state index contributed by atoms with van der Waals surface area (Å²) < 4.78 is 32.3. The molecule has 0 spiro atoms. The predicted molar refractivity (Wildman–Crippen MR) is 111 cm³/mol. The van der Waals surface area contributed by atoms with Crippen LogP contribution in [-0.2, 0) is 11.3 Å². The number of carbonyl (C=O) groups excluding carboxylic acids is 2. The summed E-state index contributed by atoms with van der Waals surface area (Å²) in [5.41, 5.74) is 1.19. The van der Waals surface area contributed by atoms with Gasteiger partial charge in [0.25, 0.3) is 17.0 Å². The first kappa shape index (κ1) is 21.0. The minimum Gasteiger partial charge on any atom is -0.436 e. The average Bonchev–Trinajstić information content (AvgIpc) is 3.00. The Kier molecular flexibility index (Phi) is 5.97. The van der Waals surface area contributed by atoms with Crippen LogP contribution >= 0.6 is 23.4 Å². The average molecular weight is 460 g/mol. The first-order valence-corrected chi connectivity index (χ1v) is 10.0. The lowest BCUT2D eigenvalue weighted by atomic mass is 10.2. The van der Waals surface area contributed by atoms with Crippen molar-refractivity contribution < 1.29 is 23.1 Å². The second-order valence-electron chi connectivity index (χ2n) is 6.36. The molecule has 0 N–H and O–H groups in total. The SMILES string of the molecule is O=C1S/C(=C/c2cccc(Oc3nc(Cl)ncc3F)c2)C(=O)N1Cc1ccc(F)cc1. The Bertz CT molecular complexity index is 1200. The quantitative estimate of drug-likeness (QED) is 0.374. The molecule has 2 aromatic carbocycles. The number of hydrogen-bond donors (Lipinski definition) is 0. The molecule has 10 heteroatoms. The van der Waals surface area contributed by atoms with Gasteiger partial charge in [0.05, 0.1) is 17.6 Å². The molecule has 0 radical (unpaired) electrons. The van der Waals surface area contributed by atoms with Crippen LogP contribution in [0.15, 0.2) is 59.6 Å². The maximum Gasteiger partial charge on any atom is 0.293 e. The van der Waals surface area contributed by atoms with Crippen LogP contribution in [0, 0.1) is 11.6 Å². The van der Waals surface area contributed by atoms with Crippen LogP contribution in [-0.4, -0.2) is 26.0 Å². The van der Waals surface area contributed by atoms with E-state index in [-0.39, 0.29) is 28.4 Å². The molecule has 6 nitrogen and oxygen atoms in total. The summed E-state index contributed by atoms with van der Waals surface area (Å²) in [4.78, 5) is 33.5. The van der Waals surface area contributed by atoms with E-state index in [1.165, 1.54) is 30.3 Å². The van der Waals surface area contributed by atoms with Crippen LogP contribution < -0.4 is 4.74 Å². The number of thioether (sulfide) groups is 1. The summed E-state index contributed by atoms with van der Waals surface area (Å²) in [5.74, 6) is -1.72. The van der Waals surface area contributed by atoms with E-state index in [1.807, 2.05) is 0 Å². The Labute approximate surface area is 184 Å². The molecule has 1 saturated heterocycles. The maximum atomic E-state index is 13.8. The van der Waals surface area contributed by atoms with Gasteiger partial charge in [-0.1, -0.05) is 24.3 Å². The molecular formula is C21H12ClF2N3O3S. The molecule has 1 aliphatic heterocycles. The van der Waals surface area contributed by atoms with Gasteiger partial charge >= 0.3 is 0 Å². The highest BCUT2D eigenvalue weighted by Gasteiger charge is 2.35. The van der Waals surface area contributed by atoms with Crippen molar-refractivity contribution in [2.45, 2.75) is 6.54 Å². The van der Waals surface area contributed by atoms with Gasteiger partial charge < -0.3 is 4.74 Å². The van der Waals surface area contributed by atoms with Gasteiger partial charge in [0.1, 0.15) is 11.6 Å². The Balaban J connectivity index is 1.52. The molecule has 0 saturated carbocycles. The van der Waals surface area contributed by atoms with Crippen molar-refractivity contribution in [2.75, 3.05) is 0 Å². The fourth-order valence-corrected chi connectivity index (χ4v) is 3.71. The molecule has 1 fully saturated rings. The summed E-state index contributed by atoms with van der Waals surface area (Å²) in [6, 6.07) is 12.0. The molecular weight excluding hydrogens is 448 g/mol. The first-order chi connectivity index (χ1) is 14.9. The standard InChI is InChI=1S/C21H12ClF2N3O3S/c22-20-25-10-16(24)18(26-20)30-15-3-1-2-13(8-15)9-17-19(28)27(21(29)31-17)11-12-4-6-14(23)7-5-12/h1-10H,11H2/b17-9+. The van der Waals surface area contributed by atoms with E-state index in [4.69, 9.17) is 16.3 Å². The van der Waals surface area contributed by atoms with Crippen LogP contribution in [0.2, 0.25) is 5.28 Å². The van der Waals surface area contributed by atoms with Crippen molar-refractivity contribution in [2.24, 2.45) is 0 Å². The Morgan fingerprint density at radius 3 is 2.68 bits per heavy atom. The number of halogens is 3. The van der Waals surface area contributed by atoms with Gasteiger partial charge in [0, 0.05) is 0 Å². The number of ether oxygens (including phenoxy) is 1. The van der Waals surface area contributed by atoms with Crippen molar-refractivity contribution in [1.29, 1.82) is 0 Å². The molecule has 0 bridgehead atoms. The lowest BCUT2D eigenvalue weighted by Crippen LogP contribution is -2.27. The van der Waals surface area contributed by atoms with Gasteiger partial charge in [-0.05, 0) is 64.8 Å². The topological polar surface area (TPSA) is 72.4 Å². The van der Waals surface area contributed by atoms with Crippen LogP contribution in [0.4, 0.5) is 13.6 Å². The molecule has 1 aromatic heterocycles. The minimum atomic E-state index is -0.781. The molecule has 4 rings (SSSR count). The van der Waals surface area contributed by atoms with Crippen LogP contribution in [0.25, 0.3) is 6.08 Å². The van der Waals surface area contributed by atoms with Crippen molar-refractivity contribution in [3.63, 3.8) is 0 Å². The molecule has 3 aromatic rings. The van der Waals surface area contributed by atoms with E-state index >= 15 is 0 Å². The van der Waals surface area contributed by atoms with Gasteiger partial charge in [-0.15, -0.1) is 0 Å². The largest absolute Gasteiger partial charge is 0.436 e. The molecule has 1 aliphatic rings. The lowest BCUT2D eigenvalue weighted by Gasteiger charge is -2.12. The Morgan fingerprint density at radius 1 is 1.13 bits per heavy atom. The maximum absolute atomic E-state index is 13.8. The number of nitrogens with zero attached hydrogens (tertiary/aromatic N) is 3. The molecule has 0 atom stereocenters. The van der Waals surface area contributed by atoms with Gasteiger partial charge in [-0.2, -0.15) is 9.37 Å². The van der Waals surface area contributed by atoms with Crippen LogP contribution in [0.5, 0.6) is 11.6 Å². The lowest BCUT2D eigenvalue weighted by molar-refractivity contribution is -0.123. The van der Waals surface area contributed by atoms with Crippen molar-refractivity contribution >= 4 is 40.6 Å². The van der Waals surface area contributed by atoms with E-state index in [2.05, 4.69) is 9.97 Å². The summed E-state index contributed by atoms with van der Waals surface area (Å²) in [5, 5.41) is -0.590. The van der Waals surface area contributed by atoms with Crippen LogP contribution in [0.3, 0.4) is 0 Å². The van der Waals surface area contributed by atoms with E-state index in [0.717, 1.165) is 22.9 Å². The Morgan fingerprint density at radius 2 is 1.90 bits per heavy atom. The Hall–Kier alpha value is -3.30. The molecule has 156 valence electrons. The van der Waals surface area contributed by atoms with Gasteiger partial charge in [0.15, 0.2) is 0 Å². The highest BCUT2D eigenvalue weighted by Crippen LogP contribution is 2.34. The van der Waals surface area contributed by atoms with Crippen molar-refractivity contribution in [3.05, 3.63) is 87.7 Å². The second kappa shape index (κ2) is 8.83. The van der Waals surface area contributed by atoms with Gasteiger partial charge in [-0.25, -0.2) is 9.37 Å². The van der Waals surface area contributed by atoms with E-state index in [1.54, 1.807) is 24.3 Å². The smallest absolute Gasteiger partial charge is 0.293 e. The monoisotopic (exact) mass is 459 g/mol. The molecule has 2 amide bonds. The van der Waals surface area contributed by atoms with E-state index in [0.29, 0.717) is 11.1 Å². The summed E-state index contributed by atoms with van der Waals surface area (Å²) in [6.45, 7) is 0.0409. The third-order valence-electron chi connectivity index (χ3n) is 4.18. The number of rotatable bonds is 5. The van der Waals surface area contributed by atoms with Crippen LogP contribution in [0.1, 0.15) is 11.1 Å². The van der Waals surface area contributed by atoms with Crippen molar-refractivity contribution in [3.8, 4) is 11.6 Å². The fourth-order valence-electron chi connectivity index (χ4n) is 2.74. The third-order valence-corrected chi connectivity index (χ3v) is 5.27. The van der Waals surface area contributed by atoms with Crippen molar-refractivity contribution in [1.82, 2.24) is 14.9 Å². The summed E-state index contributed by atoms with van der Waals surface area (Å²) in [6.07, 6.45) is 2.43. The molecule has 0 aliphatic carbocycles. The zero-order valence-electron chi connectivity index (χ0n) is 15.6. The van der Waals surface area contributed by atoms with E-state index < -0.39 is 22.8 Å². The highest BCUT2D eigenvalue weighted by atomic mass is 35.5.